The number of likely N-dealkylation sites (tertiary alicyclic amines) is 1. The first-order valence-electron chi connectivity index (χ1n) is 11.2. The Balaban J connectivity index is 1.26. The third-order valence-electron chi connectivity index (χ3n) is 6.11. The molecule has 0 aliphatic carbocycles. The first-order valence-corrected chi connectivity index (χ1v) is 11.2. The van der Waals surface area contributed by atoms with Crippen LogP contribution in [0.2, 0.25) is 0 Å². The van der Waals surface area contributed by atoms with E-state index in [2.05, 4.69) is 27.2 Å². The lowest BCUT2D eigenvalue weighted by atomic mass is 9.91. The second kappa shape index (κ2) is 8.16. The lowest BCUT2D eigenvalue weighted by Crippen LogP contribution is -2.41. The highest BCUT2D eigenvalue weighted by atomic mass is 16.6. The van der Waals surface area contributed by atoms with E-state index in [4.69, 9.17) is 9.47 Å². The van der Waals surface area contributed by atoms with Gasteiger partial charge in [-0.1, -0.05) is 12.1 Å². The SMILES string of the molecule is CC(C)(C)OC(=O)N1CCC(c2cnc(-c3ccc4cnn(C5COC5)c4c3)nc2)CC1. The maximum Gasteiger partial charge on any atom is 0.410 e. The summed E-state index contributed by atoms with van der Waals surface area (Å²) in [5.74, 6) is 1.06. The van der Waals surface area contributed by atoms with E-state index in [1.165, 1.54) is 0 Å². The number of benzene rings is 1. The van der Waals surface area contributed by atoms with Gasteiger partial charge in [0, 0.05) is 36.4 Å². The number of ether oxygens (including phenoxy) is 2. The van der Waals surface area contributed by atoms with Crippen LogP contribution in [0.15, 0.2) is 36.8 Å². The number of amides is 1. The van der Waals surface area contributed by atoms with Crippen molar-refractivity contribution in [2.75, 3.05) is 26.3 Å². The molecule has 2 aliphatic rings. The van der Waals surface area contributed by atoms with Crippen LogP contribution in [-0.4, -0.2) is 62.6 Å². The minimum Gasteiger partial charge on any atom is -0.444 e. The molecule has 0 spiro atoms. The highest BCUT2D eigenvalue weighted by molar-refractivity contribution is 5.83. The van der Waals surface area contributed by atoms with E-state index in [0.717, 1.165) is 34.9 Å². The molecule has 5 rings (SSSR count). The number of carbonyl (C=O) groups is 1. The maximum absolute atomic E-state index is 12.3. The van der Waals surface area contributed by atoms with Gasteiger partial charge in [0.05, 0.1) is 31.0 Å². The van der Waals surface area contributed by atoms with E-state index < -0.39 is 5.60 Å². The van der Waals surface area contributed by atoms with Crippen molar-refractivity contribution in [3.8, 4) is 11.4 Å². The molecule has 2 aromatic heterocycles. The molecule has 168 valence electrons. The Hall–Kier alpha value is -3.00. The number of piperidine rings is 1. The van der Waals surface area contributed by atoms with Crippen LogP contribution in [0.3, 0.4) is 0 Å². The molecule has 0 bridgehead atoms. The van der Waals surface area contributed by atoms with Gasteiger partial charge in [-0.15, -0.1) is 0 Å². The molecule has 2 fully saturated rings. The Morgan fingerprint density at radius 3 is 2.44 bits per heavy atom. The van der Waals surface area contributed by atoms with E-state index in [1.807, 2.05) is 50.1 Å². The summed E-state index contributed by atoms with van der Waals surface area (Å²) in [4.78, 5) is 23.4. The Morgan fingerprint density at radius 2 is 1.81 bits per heavy atom. The Bertz CT molecular complexity index is 1110. The highest BCUT2D eigenvalue weighted by Gasteiger charge is 2.28. The van der Waals surface area contributed by atoms with Crippen molar-refractivity contribution in [2.45, 2.75) is 51.2 Å². The molecular weight excluding hydrogens is 406 g/mol. The minimum atomic E-state index is -0.468. The highest BCUT2D eigenvalue weighted by Crippen LogP contribution is 2.30. The predicted octanol–water partition coefficient (Wildman–Crippen LogP) is 4.18. The monoisotopic (exact) mass is 435 g/mol. The summed E-state index contributed by atoms with van der Waals surface area (Å²) in [6.45, 7) is 8.47. The number of hydrogen-bond acceptors (Lipinski definition) is 6. The number of rotatable bonds is 3. The van der Waals surface area contributed by atoms with Crippen LogP contribution in [0, 0.1) is 0 Å². The van der Waals surface area contributed by atoms with Gasteiger partial charge in [0.15, 0.2) is 5.82 Å². The van der Waals surface area contributed by atoms with Gasteiger partial charge in [0.2, 0.25) is 0 Å². The van der Waals surface area contributed by atoms with Crippen LogP contribution in [0.1, 0.15) is 51.1 Å². The molecule has 0 N–H and O–H groups in total. The van der Waals surface area contributed by atoms with Gasteiger partial charge in [-0.3, -0.25) is 4.68 Å². The molecule has 2 saturated heterocycles. The van der Waals surface area contributed by atoms with Gasteiger partial charge in [-0.2, -0.15) is 5.10 Å². The fourth-order valence-electron chi connectivity index (χ4n) is 4.25. The lowest BCUT2D eigenvalue weighted by Gasteiger charge is -2.33. The summed E-state index contributed by atoms with van der Waals surface area (Å²) in [6, 6.07) is 6.52. The number of aromatic nitrogens is 4. The van der Waals surface area contributed by atoms with E-state index in [1.54, 1.807) is 4.90 Å². The summed E-state index contributed by atoms with van der Waals surface area (Å²) >= 11 is 0. The van der Waals surface area contributed by atoms with Crippen LogP contribution in [0.5, 0.6) is 0 Å². The molecule has 8 heteroatoms. The number of carbonyl (C=O) groups excluding carboxylic acids is 1. The number of fused-ring (bicyclic) bond motifs is 1. The predicted molar refractivity (Wildman–Crippen MR) is 120 cm³/mol. The average molecular weight is 436 g/mol. The number of nitrogens with zero attached hydrogens (tertiary/aromatic N) is 5. The summed E-state index contributed by atoms with van der Waals surface area (Å²) < 4.78 is 12.8. The Morgan fingerprint density at radius 1 is 1.09 bits per heavy atom. The van der Waals surface area contributed by atoms with E-state index in [0.29, 0.717) is 44.1 Å². The molecular formula is C24H29N5O3. The molecule has 8 nitrogen and oxygen atoms in total. The molecule has 0 radical (unpaired) electrons. The second-order valence-electron chi connectivity index (χ2n) is 9.64. The van der Waals surface area contributed by atoms with Crippen molar-refractivity contribution in [3.63, 3.8) is 0 Å². The maximum atomic E-state index is 12.3. The topological polar surface area (TPSA) is 82.4 Å². The average Bonchev–Trinajstić information content (AvgIpc) is 3.14. The van der Waals surface area contributed by atoms with E-state index >= 15 is 0 Å². The van der Waals surface area contributed by atoms with Crippen LogP contribution in [0.4, 0.5) is 4.79 Å². The van der Waals surface area contributed by atoms with Gasteiger partial charge < -0.3 is 14.4 Å². The van der Waals surface area contributed by atoms with Crippen LogP contribution in [0.25, 0.3) is 22.3 Å². The van der Waals surface area contributed by atoms with Gasteiger partial charge >= 0.3 is 6.09 Å². The van der Waals surface area contributed by atoms with Gasteiger partial charge in [0.1, 0.15) is 5.60 Å². The fraction of sp³-hybridized carbons (Fsp3) is 0.500. The smallest absolute Gasteiger partial charge is 0.410 e. The Labute approximate surface area is 187 Å². The third-order valence-corrected chi connectivity index (χ3v) is 6.11. The fourth-order valence-corrected chi connectivity index (χ4v) is 4.25. The first-order chi connectivity index (χ1) is 15.4. The summed E-state index contributed by atoms with van der Waals surface area (Å²) in [5.41, 5.74) is 2.71. The van der Waals surface area contributed by atoms with Gasteiger partial charge in [-0.25, -0.2) is 14.8 Å². The largest absolute Gasteiger partial charge is 0.444 e. The van der Waals surface area contributed by atoms with Crippen molar-refractivity contribution in [1.82, 2.24) is 24.6 Å². The zero-order valence-electron chi connectivity index (χ0n) is 18.8. The van der Waals surface area contributed by atoms with Crippen LogP contribution >= 0.6 is 0 Å². The van der Waals surface area contributed by atoms with Gasteiger partial charge in [0.25, 0.3) is 0 Å². The van der Waals surface area contributed by atoms with Crippen LogP contribution < -0.4 is 0 Å². The number of hydrogen-bond donors (Lipinski definition) is 0. The molecule has 1 aromatic carbocycles. The molecule has 1 amide bonds. The zero-order chi connectivity index (χ0) is 22.3. The molecule has 0 atom stereocenters. The molecule has 3 aromatic rings. The molecule has 32 heavy (non-hydrogen) atoms. The Kier molecular flexibility index (Phi) is 5.33. The van der Waals surface area contributed by atoms with E-state index in [9.17, 15) is 4.79 Å². The zero-order valence-corrected chi connectivity index (χ0v) is 18.8. The summed E-state index contributed by atoms with van der Waals surface area (Å²) in [6.07, 6.45) is 7.29. The quantitative estimate of drug-likeness (QED) is 0.614. The van der Waals surface area contributed by atoms with Crippen molar-refractivity contribution in [1.29, 1.82) is 0 Å². The van der Waals surface area contributed by atoms with Crippen molar-refractivity contribution in [3.05, 3.63) is 42.4 Å². The lowest BCUT2D eigenvalue weighted by molar-refractivity contribution is -0.0266. The minimum absolute atomic E-state index is 0.231. The molecule has 0 unspecified atom stereocenters. The first kappa shape index (κ1) is 20.9. The second-order valence-corrected chi connectivity index (χ2v) is 9.64. The molecule has 0 saturated carbocycles. The van der Waals surface area contributed by atoms with Crippen molar-refractivity contribution < 1.29 is 14.3 Å². The normalized spacial score (nSPS) is 18.0. The summed E-state index contributed by atoms with van der Waals surface area (Å²) in [5, 5.41) is 5.63. The van der Waals surface area contributed by atoms with E-state index in [-0.39, 0.29) is 6.09 Å². The standard InChI is InChI=1S/C24H29N5O3/c1-24(2,3)32-23(30)28-8-6-16(7-9-28)19-11-25-22(26-12-19)17-4-5-18-13-27-29(21(18)10-17)20-14-31-15-20/h4-5,10-13,16,20H,6-9,14-15H2,1-3H3. The van der Waals surface area contributed by atoms with Gasteiger partial charge in [-0.05, 0) is 51.2 Å². The molecule has 2 aliphatic heterocycles. The summed E-state index contributed by atoms with van der Waals surface area (Å²) in [7, 11) is 0. The van der Waals surface area contributed by atoms with Crippen molar-refractivity contribution in [2.24, 2.45) is 0 Å². The third kappa shape index (κ3) is 4.19. The molecule has 4 heterocycles. The van der Waals surface area contributed by atoms with Crippen LogP contribution in [-0.2, 0) is 9.47 Å². The van der Waals surface area contributed by atoms with Crippen molar-refractivity contribution >= 4 is 17.0 Å².